The molecule has 17 heavy (non-hydrogen) atoms. The molecule has 90 valence electrons. The second-order valence-electron chi connectivity index (χ2n) is 5.17. The highest BCUT2D eigenvalue weighted by Crippen LogP contribution is 2.36. The third-order valence-electron chi connectivity index (χ3n) is 3.94. The highest BCUT2D eigenvalue weighted by Gasteiger charge is 2.34. The van der Waals surface area contributed by atoms with Gasteiger partial charge in [0.05, 0.1) is 11.5 Å². The molecule has 2 heteroatoms. The van der Waals surface area contributed by atoms with E-state index in [1.54, 1.807) is 0 Å². The Kier molecular flexibility index (Phi) is 3.49. The third kappa shape index (κ3) is 2.35. The quantitative estimate of drug-likeness (QED) is 0.739. The molecule has 1 unspecified atom stereocenters. The summed E-state index contributed by atoms with van der Waals surface area (Å²) in [5.41, 5.74) is 2.22. The van der Waals surface area contributed by atoms with Gasteiger partial charge in [0, 0.05) is 0 Å². The Morgan fingerprint density at radius 2 is 2.00 bits per heavy atom. The number of benzene rings is 1. The van der Waals surface area contributed by atoms with Crippen molar-refractivity contribution in [1.82, 2.24) is 4.90 Å². The first-order valence-corrected chi connectivity index (χ1v) is 6.34. The van der Waals surface area contributed by atoms with Gasteiger partial charge in [-0.1, -0.05) is 24.3 Å². The lowest BCUT2D eigenvalue weighted by Gasteiger charge is -2.27. The van der Waals surface area contributed by atoms with E-state index in [0.717, 1.165) is 32.4 Å². The van der Waals surface area contributed by atoms with Crippen molar-refractivity contribution in [2.75, 3.05) is 20.1 Å². The zero-order valence-corrected chi connectivity index (χ0v) is 10.7. The van der Waals surface area contributed by atoms with Crippen LogP contribution in [0.1, 0.15) is 30.4 Å². The van der Waals surface area contributed by atoms with Gasteiger partial charge in [0.2, 0.25) is 0 Å². The van der Waals surface area contributed by atoms with Gasteiger partial charge in [-0.3, -0.25) is 0 Å². The van der Waals surface area contributed by atoms with E-state index in [0.29, 0.717) is 0 Å². The Labute approximate surface area is 104 Å². The summed E-state index contributed by atoms with van der Waals surface area (Å²) in [4.78, 5) is 2.33. The van der Waals surface area contributed by atoms with E-state index >= 15 is 0 Å². The van der Waals surface area contributed by atoms with Crippen molar-refractivity contribution in [2.45, 2.75) is 31.6 Å². The predicted octanol–water partition coefficient (Wildman–Crippen LogP) is 2.87. The molecule has 1 heterocycles. The molecule has 1 aromatic rings. The smallest absolute Gasteiger partial charge is 0.0837 e. The molecule has 0 aliphatic carbocycles. The number of likely N-dealkylation sites (tertiary alicyclic amines) is 1. The maximum absolute atomic E-state index is 9.66. The van der Waals surface area contributed by atoms with Crippen molar-refractivity contribution in [1.29, 1.82) is 5.26 Å². The zero-order chi connectivity index (χ0) is 12.3. The van der Waals surface area contributed by atoms with Crippen molar-refractivity contribution in [2.24, 2.45) is 0 Å². The van der Waals surface area contributed by atoms with E-state index in [-0.39, 0.29) is 5.41 Å². The summed E-state index contributed by atoms with van der Waals surface area (Å²) >= 11 is 0. The Bertz CT molecular complexity index is 433. The highest BCUT2D eigenvalue weighted by atomic mass is 15.1. The molecule has 1 aromatic carbocycles. The van der Waals surface area contributed by atoms with Gasteiger partial charge in [-0.2, -0.15) is 5.26 Å². The summed E-state index contributed by atoms with van der Waals surface area (Å²) in [5, 5.41) is 9.66. The molecule has 0 spiro atoms. The lowest BCUT2D eigenvalue weighted by Crippen LogP contribution is -2.27. The average Bonchev–Trinajstić information content (AvgIpc) is 2.53. The molecule has 1 fully saturated rings. The lowest BCUT2D eigenvalue weighted by atomic mass is 9.74. The van der Waals surface area contributed by atoms with Gasteiger partial charge in [0.25, 0.3) is 0 Å². The fourth-order valence-electron chi connectivity index (χ4n) is 2.82. The fourth-order valence-corrected chi connectivity index (χ4v) is 2.82. The SMILES string of the molecule is Cc1ccccc1C1(C#N)CCCN(C)CC1. The maximum atomic E-state index is 9.66. The van der Waals surface area contributed by atoms with Crippen LogP contribution in [0.4, 0.5) is 0 Å². The van der Waals surface area contributed by atoms with Crippen LogP contribution in [-0.4, -0.2) is 25.0 Å². The molecule has 1 atom stereocenters. The van der Waals surface area contributed by atoms with Crippen molar-refractivity contribution in [3.63, 3.8) is 0 Å². The normalized spacial score (nSPS) is 26.2. The summed E-state index contributed by atoms with van der Waals surface area (Å²) in [6.45, 7) is 4.24. The second-order valence-corrected chi connectivity index (χ2v) is 5.17. The Hall–Kier alpha value is -1.33. The zero-order valence-electron chi connectivity index (χ0n) is 10.7. The molecule has 1 aliphatic rings. The monoisotopic (exact) mass is 228 g/mol. The first kappa shape index (κ1) is 12.1. The topological polar surface area (TPSA) is 27.0 Å². The van der Waals surface area contributed by atoms with Crippen LogP contribution in [0.15, 0.2) is 24.3 Å². The summed E-state index contributed by atoms with van der Waals surface area (Å²) < 4.78 is 0. The van der Waals surface area contributed by atoms with Crippen LogP contribution in [0.25, 0.3) is 0 Å². The molecule has 2 nitrogen and oxygen atoms in total. The number of nitrogens with zero attached hydrogens (tertiary/aromatic N) is 2. The minimum Gasteiger partial charge on any atom is -0.306 e. The van der Waals surface area contributed by atoms with E-state index in [9.17, 15) is 5.26 Å². The van der Waals surface area contributed by atoms with E-state index in [4.69, 9.17) is 0 Å². The molecular weight excluding hydrogens is 208 g/mol. The van der Waals surface area contributed by atoms with Crippen molar-refractivity contribution in [3.05, 3.63) is 35.4 Å². The molecule has 1 saturated heterocycles. The number of hydrogen-bond donors (Lipinski definition) is 0. The van der Waals surface area contributed by atoms with Crippen molar-refractivity contribution >= 4 is 0 Å². The summed E-state index contributed by atoms with van der Waals surface area (Å²) in [6, 6.07) is 11.0. The standard InChI is InChI=1S/C15H20N2/c1-13-6-3-4-7-14(13)15(12-16)8-5-10-17(2)11-9-15/h3-4,6-7H,5,8-11H2,1-2H3. The fraction of sp³-hybridized carbons (Fsp3) is 0.533. The van der Waals surface area contributed by atoms with Crippen LogP contribution in [0, 0.1) is 18.3 Å². The Balaban J connectivity index is 2.38. The first-order valence-electron chi connectivity index (χ1n) is 6.34. The predicted molar refractivity (Wildman–Crippen MR) is 69.8 cm³/mol. The Morgan fingerprint density at radius 3 is 2.71 bits per heavy atom. The molecule has 1 aliphatic heterocycles. The minimum absolute atomic E-state index is 0.268. The summed E-state index contributed by atoms with van der Waals surface area (Å²) in [6.07, 6.45) is 3.04. The molecule has 0 aromatic heterocycles. The molecule has 0 radical (unpaired) electrons. The first-order chi connectivity index (χ1) is 8.18. The maximum Gasteiger partial charge on any atom is 0.0837 e. The molecule has 0 N–H and O–H groups in total. The van der Waals surface area contributed by atoms with Crippen LogP contribution in [-0.2, 0) is 5.41 Å². The van der Waals surface area contributed by atoms with E-state index < -0.39 is 0 Å². The third-order valence-corrected chi connectivity index (χ3v) is 3.94. The number of aryl methyl sites for hydroxylation is 1. The number of rotatable bonds is 1. The minimum atomic E-state index is -0.268. The molecular formula is C15H20N2. The largest absolute Gasteiger partial charge is 0.306 e. The summed E-state index contributed by atoms with van der Waals surface area (Å²) in [5.74, 6) is 0. The van der Waals surface area contributed by atoms with Crippen LogP contribution in [0.5, 0.6) is 0 Å². The molecule has 0 bridgehead atoms. The van der Waals surface area contributed by atoms with E-state index in [2.05, 4.69) is 43.1 Å². The number of hydrogen-bond acceptors (Lipinski definition) is 2. The Morgan fingerprint density at radius 1 is 1.24 bits per heavy atom. The van der Waals surface area contributed by atoms with Crippen LogP contribution in [0.2, 0.25) is 0 Å². The van der Waals surface area contributed by atoms with Gasteiger partial charge < -0.3 is 4.90 Å². The van der Waals surface area contributed by atoms with Crippen LogP contribution in [0.3, 0.4) is 0 Å². The van der Waals surface area contributed by atoms with E-state index in [1.165, 1.54) is 11.1 Å². The van der Waals surface area contributed by atoms with Crippen molar-refractivity contribution < 1.29 is 0 Å². The second kappa shape index (κ2) is 4.89. The molecule has 0 saturated carbocycles. The van der Waals surface area contributed by atoms with Gasteiger partial charge >= 0.3 is 0 Å². The van der Waals surface area contributed by atoms with Gasteiger partial charge in [0.1, 0.15) is 0 Å². The highest BCUT2D eigenvalue weighted by molar-refractivity contribution is 5.38. The van der Waals surface area contributed by atoms with Gasteiger partial charge in [-0.25, -0.2) is 0 Å². The average molecular weight is 228 g/mol. The van der Waals surface area contributed by atoms with Gasteiger partial charge in [0.15, 0.2) is 0 Å². The van der Waals surface area contributed by atoms with Gasteiger partial charge in [-0.15, -0.1) is 0 Å². The molecule has 0 amide bonds. The van der Waals surface area contributed by atoms with E-state index in [1.807, 2.05) is 6.07 Å². The van der Waals surface area contributed by atoms with Crippen LogP contribution < -0.4 is 0 Å². The van der Waals surface area contributed by atoms with Crippen molar-refractivity contribution in [3.8, 4) is 6.07 Å². The number of nitriles is 1. The van der Waals surface area contributed by atoms with Crippen LogP contribution >= 0.6 is 0 Å². The summed E-state index contributed by atoms with van der Waals surface area (Å²) in [7, 11) is 2.14. The lowest BCUT2D eigenvalue weighted by molar-refractivity contribution is 0.342. The van der Waals surface area contributed by atoms with Gasteiger partial charge in [-0.05, 0) is 57.5 Å². The molecule has 2 rings (SSSR count).